The molecule has 0 N–H and O–H groups in total. The first-order chi connectivity index (χ1) is 11.4. The number of nitrogens with zero attached hydrogens (tertiary/aromatic N) is 1. The normalized spacial score (nSPS) is 21.6. The van der Waals surface area contributed by atoms with Crippen molar-refractivity contribution in [2.75, 3.05) is 14.1 Å². The first-order valence-corrected chi connectivity index (χ1v) is 9.79. The molecule has 3 nitrogen and oxygen atoms in total. The van der Waals surface area contributed by atoms with E-state index in [1.807, 2.05) is 36.4 Å². The molecule has 1 aliphatic heterocycles. The van der Waals surface area contributed by atoms with E-state index < -0.39 is 15.1 Å². The largest absolute Gasteiger partial charge is 0.306 e. The fourth-order valence-corrected chi connectivity index (χ4v) is 5.97. The third-order valence-electron chi connectivity index (χ3n) is 5.33. The highest BCUT2D eigenvalue weighted by Crippen LogP contribution is 2.58. The van der Waals surface area contributed by atoms with E-state index in [1.54, 1.807) is 6.07 Å². The second kappa shape index (κ2) is 5.30. The molecule has 0 spiro atoms. The zero-order valence-electron chi connectivity index (χ0n) is 14.2. The monoisotopic (exact) mass is 339 g/mol. The number of benzene rings is 2. The van der Waals surface area contributed by atoms with E-state index in [-0.39, 0.29) is 0 Å². The lowest BCUT2D eigenvalue weighted by molar-refractivity contribution is 0.319. The van der Waals surface area contributed by atoms with Crippen molar-refractivity contribution in [2.45, 2.75) is 29.5 Å². The summed E-state index contributed by atoms with van der Waals surface area (Å²) >= 11 is 0. The fourth-order valence-electron chi connectivity index (χ4n) is 3.85. The SMILES string of the molecule is CC(CC1=C2c3ccccc3S(=O)(=O)C2c2ccccc21)N(C)C. The number of rotatable bonds is 3. The van der Waals surface area contributed by atoms with Gasteiger partial charge in [-0.15, -0.1) is 0 Å². The van der Waals surface area contributed by atoms with Gasteiger partial charge in [0.1, 0.15) is 5.25 Å². The van der Waals surface area contributed by atoms with E-state index in [0.29, 0.717) is 10.9 Å². The summed E-state index contributed by atoms with van der Waals surface area (Å²) in [5.41, 5.74) is 5.11. The molecule has 4 heteroatoms. The second-order valence-electron chi connectivity index (χ2n) is 6.92. The lowest BCUT2D eigenvalue weighted by Gasteiger charge is -2.21. The molecule has 2 aromatic rings. The van der Waals surface area contributed by atoms with Gasteiger partial charge in [-0.1, -0.05) is 42.5 Å². The van der Waals surface area contributed by atoms with Gasteiger partial charge in [0, 0.05) is 6.04 Å². The van der Waals surface area contributed by atoms with Crippen LogP contribution in [-0.4, -0.2) is 33.5 Å². The van der Waals surface area contributed by atoms with Crippen molar-refractivity contribution in [3.63, 3.8) is 0 Å². The summed E-state index contributed by atoms with van der Waals surface area (Å²) in [5.74, 6) is 0. The zero-order chi connectivity index (χ0) is 17.1. The smallest absolute Gasteiger partial charge is 0.190 e. The van der Waals surface area contributed by atoms with E-state index in [2.05, 4.69) is 32.0 Å². The minimum absolute atomic E-state index is 0.342. The molecular weight excluding hydrogens is 318 g/mol. The molecule has 24 heavy (non-hydrogen) atoms. The van der Waals surface area contributed by atoms with Crippen molar-refractivity contribution in [1.82, 2.24) is 4.90 Å². The van der Waals surface area contributed by atoms with Crippen molar-refractivity contribution >= 4 is 21.0 Å². The molecule has 124 valence electrons. The Morgan fingerprint density at radius 1 is 1.00 bits per heavy atom. The Hall–Kier alpha value is -1.91. The molecule has 0 bridgehead atoms. The van der Waals surface area contributed by atoms with Crippen LogP contribution in [0.2, 0.25) is 0 Å². The average Bonchev–Trinajstić information content (AvgIpc) is 3.01. The van der Waals surface area contributed by atoms with Crippen LogP contribution in [0, 0.1) is 0 Å². The Labute approximate surface area is 143 Å². The van der Waals surface area contributed by atoms with Crippen LogP contribution < -0.4 is 0 Å². The van der Waals surface area contributed by atoms with E-state index >= 15 is 0 Å². The molecule has 0 fully saturated rings. The highest BCUT2D eigenvalue weighted by atomic mass is 32.2. The summed E-state index contributed by atoms with van der Waals surface area (Å²) in [7, 11) is 0.769. The summed E-state index contributed by atoms with van der Waals surface area (Å²) in [4.78, 5) is 2.66. The summed E-state index contributed by atoms with van der Waals surface area (Å²) in [6.45, 7) is 2.18. The molecule has 0 amide bonds. The van der Waals surface area contributed by atoms with Crippen LogP contribution in [0.15, 0.2) is 53.4 Å². The molecular formula is C20H21NO2S. The predicted octanol–water partition coefficient (Wildman–Crippen LogP) is 3.78. The van der Waals surface area contributed by atoms with Gasteiger partial charge >= 0.3 is 0 Å². The van der Waals surface area contributed by atoms with E-state index in [1.165, 1.54) is 5.57 Å². The van der Waals surface area contributed by atoms with Gasteiger partial charge in [-0.3, -0.25) is 0 Å². The van der Waals surface area contributed by atoms with Crippen LogP contribution >= 0.6 is 0 Å². The third kappa shape index (κ3) is 2.03. The molecule has 0 saturated heterocycles. The third-order valence-corrected chi connectivity index (χ3v) is 7.41. The molecule has 0 saturated carbocycles. The summed E-state index contributed by atoms with van der Waals surface area (Å²) in [6, 6.07) is 15.8. The number of fused-ring (bicyclic) bond motifs is 5. The Morgan fingerprint density at radius 2 is 1.62 bits per heavy atom. The van der Waals surface area contributed by atoms with Crippen molar-refractivity contribution in [3.05, 3.63) is 65.2 Å². The minimum atomic E-state index is -3.36. The highest BCUT2D eigenvalue weighted by Gasteiger charge is 2.48. The molecule has 2 aliphatic rings. The Morgan fingerprint density at radius 3 is 2.33 bits per heavy atom. The molecule has 1 heterocycles. The van der Waals surface area contributed by atoms with Gasteiger partial charge in [0.2, 0.25) is 0 Å². The van der Waals surface area contributed by atoms with Gasteiger partial charge in [-0.2, -0.15) is 0 Å². The maximum atomic E-state index is 13.1. The van der Waals surface area contributed by atoms with Crippen molar-refractivity contribution in [3.8, 4) is 0 Å². The van der Waals surface area contributed by atoms with Gasteiger partial charge in [-0.05, 0) is 61.3 Å². The Bertz CT molecular complexity index is 957. The fraction of sp³-hybridized carbons (Fsp3) is 0.300. The average molecular weight is 339 g/mol. The lowest BCUT2D eigenvalue weighted by atomic mass is 9.95. The molecule has 1 aliphatic carbocycles. The van der Waals surface area contributed by atoms with Crippen molar-refractivity contribution < 1.29 is 8.42 Å². The maximum absolute atomic E-state index is 13.1. The molecule has 4 rings (SSSR count). The van der Waals surface area contributed by atoms with Gasteiger partial charge in [0.15, 0.2) is 9.84 Å². The van der Waals surface area contributed by atoms with Gasteiger partial charge in [-0.25, -0.2) is 8.42 Å². The first-order valence-electron chi connectivity index (χ1n) is 8.25. The molecule has 0 aromatic heterocycles. The first kappa shape index (κ1) is 15.6. The summed E-state index contributed by atoms with van der Waals surface area (Å²) in [5, 5.41) is -0.532. The summed E-state index contributed by atoms with van der Waals surface area (Å²) < 4.78 is 26.3. The van der Waals surface area contributed by atoms with Crippen molar-refractivity contribution in [2.24, 2.45) is 0 Å². The predicted molar refractivity (Wildman–Crippen MR) is 97.4 cm³/mol. The maximum Gasteiger partial charge on any atom is 0.190 e. The van der Waals surface area contributed by atoms with Crippen LogP contribution in [0.3, 0.4) is 0 Å². The minimum Gasteiger partial charge on any atom is -0.306 e. The van der Waals surface area contributed by atoms with Crippen LogP contribution in [0.25, 0.3) is 11.1 Å². The summed E-state index contributed by atoms with van der Waals surface area (Å²) in [6.07, 6.45) is 0.847. The van der Waals surface area contributed by atoms with E-state index in [9.17, 15) is 8.42 Å². The zero-order valence-corrected chi connectivity index (χ0v) is 15.0. The number of sulfone groups is 1. The molecule has 0 radical (unpaired) electrons. The standard InChI is InChI=1S/C20H21NO2S/c1-13(21(2)3)12-17-14-8-4-5-9-15(14)20-19(17)16-10-6-7-11-18(16)24(20,22)23/h4-11,13,20H,12H2,1-3H3. The van der Waals surface area contributed by atoms with E-state index in [4.69, 9.17) is 0 Å². The number of hydrogen-bond donors (Lipinski definition) is 0. The number of hydrogen-bond acceptors (Lipinski definition) is 3. The van der Waals surface area contributed by atoms with Gasteiger partial charge in [0.05, 0.1) is 4.90 Å². The molecule has 2 atom stereocenters. The lowest BCUT2D eigenvalue weighted by Crippen LogP contribution is -2.24. The second-order valence-corrected chi connectivity index (χ2v) is 8.92. The molecule has 2 aromatic carbocycles. The van der Waals surface area contributed by atoms with Gasteiger partial charge < -0.3 is 4.90 Å². The van der Waals surface area contributed by atoms with Crippen LogP contribution in [0.5, 0.6) is 0 Å². The van der Waals surface area contributed by atoms with Crippen LogP contribution in [0.4, 0.5) is 0 Å². The Balaban J connectivity index is 2.00. The molecule has 2 unspecified atom stereocenters. The van der Waals surface area contributed by atoms with Crippen LogP contribution in [-0.2, 0) is 9.84 Å². The quantitative estimate of drug-likeness (QED) is 0.854. The van der Waals surface area contributed by atoms with Gasteiger partial charge in [0.25, 0.3) is 0 Å². The topological polar surface area (TPSA) is 37.4 Å². The Kier molecular flexibility index (Phi) is 3.44. The van der Waals surface area contributed by atoms with Crippen LogP contribution in [0.1, 0.15) is 35.3 Å². The van der Waals surface area contributed by atoms with E-state index in [0.717, 1.165) is 28.7 Å². The highest BCUT2D eigenvalue weighted by molar-refractivity contribution is 7.92. The van der Waals surface area contributed by atoms with Crippen molar-refractivity contribution in [1.29, 1.82) is 0 Å².